The first-order chi connectivity index (χ1) is 16.5. The molecule has 0 bridgehead atoms. The monoisotopic (exact) mass is 501 g/mol. The summed E-state index contributed by atoms with van der Waals surface area (Å²) < 4.78 is 17.8. The minimum Gasteiger partial charge on any atom is -0.490 e. The van der Waals surface area contributed by atoms with Crippen molar-refractivity contribution in [3.8, 4) is 28.5 Å². The zero-order valence-corrected chi connectivity index (χ0v) is 20.9. The molecular weight excluding hydrogens is 474 g/mol. The van der Waals surface area contributed by atoms with Gasteiger partial charge in [0.05, 0.1) is 25.6 Å². The molecule has 2 amide bonds. The number of nitrogens with zero attached hydrogens (tertiary/aromatic N) is 1. The zero-order valence-electron chi connectivity index (χ0n) is 19.3. The number of ether oxygens (including phenoxy) is 3. The number of aromatic nitrogens is 1. The molecule has 3 N–H and O–H groups in total. The quantitative estimate of drug-likeness (QED) is 0.342. The molecule has 0 fully saturated rings. The summed E-state index contributed by atoms with van der Waals surface area (Å²) in [6.07, 6.45) is 0. The van der Waals surface area contributed by atoms with Crippen LogP contribution in [-0.4, -0.2) is 42.4 Å². The van der Waals surface area contributed by atoms with Crippen LogP contribution in [0.2, 0.25) is 0 Å². The van der Waals surface area contributed by atoms with Crippen molar-refractivity contribution in [2.45, 2.75) is 25.1 Å². The van der Waals surface area contributed by atoms with E-state index < -0.39 is 5.91 Å². The predicted octanol–water partition coefficient (Wildman–Crippen LogP) is 4.84. The molecule has 0 atom stereocenters. The van der Waals surface area contributed by atoms with Gasteiger partial charge in [0.1, 0.15) is 10.7 Å². The molecule has 0 spiro atoms. The Bertz CT molecular complexity index is 1110. The van der Waals surface area contributed by atoms with Gasteiger partial charge in [-0.3, -0.25) is 9.59 Å². The normalized spacial score (nSPS) is 10.6. The number of hydrogen-bond donors (Lipinski definition) is 2. The molecule has 3 aromatic rings. The highest BCUT2D eigenvalue weighted by Gasteiger charge is 2.21. The summed E-state index contributed by atoms with van der Waals surface area (Å²) in [7, 11) is 0. The Morgan fingerprint density at radius 3 is 2.18 bits per heavy atom. The third kappa shape index (κ3) is 6.42. The number of amides is 2. The lowest BCUT2D eigenvalue weighted by Gasteiger charge is -2.17. The van der Waals surface area contributed by atoms with Gasteiger partial charge in [-0.25, -0.2) is 4.98 Å². The van der Waals surface area contributed by atoms with Crippen molar-refractivity contribution in [3.05, 3.63) is 48.0 Å². The van der Waals surface area contributed by atoms with Gasteiger partial charge in [-0.2, -0.15) is 0 Å². The van der Waals surface area contributed by atoms with Crippen LogP contribution in [0.15, 0.2) is 46.8 Å². The summed E-state index contributed by atoms with van der Waals surface area (Å²) in [5.74, 6) is 0.654. The van der Waals surface area contributed by atoms with Crippen LogP contribution in [0.25, 0.3) is 11.3 Å². The van der Waals surface area contributed by atoms with E-state index in [1.165, 1.54) is 23.1 Å². The average molecular weight is 502 g/mol. The predicted molar refractivity (Wildman–Crippen MR) is 135 cm³/mol. The number of nitrogens with one attached hydrogen (secondary N) is 1. The molecule has 8 nitrogen and oxygen atoms in total. The van der Waals surface area contributed by atoms with Gasteiger partial charge in [0.2, 0.25) is 11.7 Å². The summed E-state index contributed by atoms with van der Waals surface area (Å²) in [5.41, 5.74) is 7.09. The third-order valence-electron chi connectivity index (χ3n) is 4.39. The smallest absolute Gasteiger partial charge is 0.256 e. The lowest BCUT2D eigenvalue weighted by Crippen LogP contribution is -2.13. The van der Waals surface area contributed by atoms with Crippen molar-refractivity contribution < 1.29 is 23.8 Å². The number of thiazole rings is 1. The maximum Gasteiger partial charge on any atom is 0.256 e. The van der Waals surface area contributed by atoms with Crippen LogP contribution < -0.4 is 25.3 Å². The van der Waals surface area contributed by atoms with Crippen molar-refractivity contribution in [2.24, 2.45) is 5.73 Å². The van der Waals surface area contributed by atoms with Crippen LogP contribution in [0.3, 0.4) is 0 Å². The molecule has 1 heterocycles. The lowest BCUT2D eigenvalue weighted by atomic mass is 10.1. The molecule has 0 saturated heterocycles. The molecule has 0 aliphatic carbocycles. The number of carbonyl (C=O) groups is 2. The Morgan fingerprint density at radius 1 is 1.00 bits per heavy atom. The minimum absolute atomic E-state index is 0.101. The summed E-state index contributed by atoms with van der Waals surface area (Å²) >= 11 is 2.52. The highest BCUT2D eigenvalue weighted by Crippen LogP contribution is 2.41. The fourth-order valence-electron chi connectivity index (χ4n) is 3.07. The SMILES string of the molecule is CCOc1cc(C(=O)Nc2sc(SCC(N)=O)nc2-c2ccccc2)cc(OCC)c1OCC. The number of rotatable bonds is 12. The van der Waals surface area contributed by atoms with Crippen molar-refractivity contribution in [1.29, 1.82) is 0 Å². The number of thioether (sulfide) groups is 1. The Kier molecular flexibility index (Phi) is 9.17. The molecule has 10 heteroatoms. The molecule has 2 aromatic carbocycles. The van der Waals surface area contributed by atoms with E-state index in [-0.39, 0.29) is 11.7 Å². The van der Waals surface area contributed by atoms with Crippen molar-refractivity contribution >= 4 is 39.9 Å². The number of carbonyl (C=O) groups excluding carboxylic acids is 2. The Labute approximate surface area is 206 Å². The van der Waals surface area contributed by atoms with Crippen molar-refractivity contribution in [1.82, 2.24) is 4.98 Å². The standard InChI is InChI=1S/C24H27N3O5S2/c1-4-30-17-12-16(13-18(31-5-2)21(17)32-6-3)22(29)27-23-20(15-10-8-7-9-11-15)26-24(34-23)33-14-19(25)28/h7-13H,4-6,14H2,1-3H3,(H2,25,28)(H,27,29). The highest BCUT2D eigenvalue weighted by molar-refractivity contribution is 8.01. The minimum atomic E-state index is -0.437. The zero-order chi connectivity index (χ0) is 24.5. The topological polar surface area (TPSA) is 113 Å². The Balaban J connectivity index is 1.97. The largest absolute Gasteiger partial charge is 0.490 e. The van der Waals surface area contributed by atoms with Gasteiger partial charge in [-0.05, 0) is 32.9 Å². The molecule has 0 aliphatic rings. The third-order valence-corrected chi connectivity index (χ3v) is 6.53. The molecule has 0 aliphatic heterocycles. The molecular formula is C24H27N3O5S2. The van der Waals surface area contributed by atoms with Crippen LogP contribution in [-0.2, 0) is 4.79 Å². The van der Waals surface area contributed by atoms with Gasteiger partial charge in [0.15, 0.2) is 15.8 Å². The second kappa shape index (κ2) is 12.3. The van der Waals surface area contributed by atoms with Crippen LogP contribution >= 0.6 is 23.1 Å². The van der Waals surface area contributed by atoms with Crippen LogP contribution in [0, 0.1) is 0 Å². The summed E-state index contributed by atoms with van der Waals surface area (Å²) in [6, 6.07) is 12.8. The van der Waals surface area contributed by atoms with E-state index in [2.05, 4.69) is 10.3 Å². The lowest BCUT2D eigenvalue weighted by molar-refractivity contribution is -0.115. The molecule has 0 unspecified atom stereocenters. The first-order valence-electron chi connectivity index (χ1n) is 10.8. The number of benzene rings is 2. The van der Waals surface area contributed by atoms with E-state index in [4.69, 9.17) is 19.9 Å². The Morgan fingerprint density at radius 2 is 1.62 bits per heavy atom. The number of anilines is 1. The van der Waals surface area contributed by atoms with E-state index in [0.29, 0.717) is 57.7 Å². The maximum atomic E-state index is 13.3. The highest BCUT2D eigenvalue weighted by atomic mass is 32.2. The van der Waals surface area contributed by atoms with Gasteiger partial charge >= 0.3 is 0 Å². The van der Waals surface area contributed by atoms with Crippen molar-refractivity contribution in [3.63, 3.8) is 0 Å². The van der Waals surface area contributed by atoms with Crippen LogP contribution in [0.4, 0.5) is 5.00 Å². The van der Waals surface area contributed by atoms with Crippen molar-refractivity contribution in [2.75, 3.05) is 30.9 Å². The summed E-state index contributed by atoms with van der Waals surface area (Å²) in [6.45, 7) is 6.83. The van der Waals surface area contributed by atoms with E-state index in [1.807, 2.05) is 51.1 Å². The first kappa shape index (κ1) is 25.4. The Hall–Kier alpha value is -3.24. The van der Waals surface area contributed by atoms with Crippen LogP contribution in [0.5, 0.6) is 17.2 Å². The number of hydrogen-bond acceptors (Lipinski definition) is 8. The second-order valence-electron chi connectivity index (χ2n) is 6.83. The molecule has 3 rings (SSSR count). The van der Waals surface area contributed by atoms with E-state index in [1.54, 1.807) is 12.1 Å². The summed E-state index contributed by atoms with van der Waals surface area (Å²) in [4.78, 5) is 29.1. The van der Waals surface area contributed by atoms with Gasteiger partial charge in [-0.15, -0.1) is 0 Å². The average Bonchev–Trinajstić information content (AvgIpc) is 3.23. The van der Waals surface area contributed by atoms with Gasteiger partial charge in [0.25, 0.3) is 5.91 Å². The molecule has 0 radical (unpaired) electrons. The van der Waals surface area contributed by atoms with Gasteiger partial charge in [0, 0.05) is 11.1 Å². The number of primary amides is 1. The fourth-order valence-corrected chi connectivity index (χ4v) is 4.87. The molecule has 1 aromatic heterocycles. The van der Waals surface area contributed by atoms with E-state index in [9.17, 15) is 9.59 Å². The van der Waals surface area contributed by atoms with Gasteiger partial charge < -0.3 is 25.3 Å². The number of nitrogens with two attached hydrogens (primary N) is 1. The molecule has 0 saturated carbocycles. The fraction of sp³-hybridized carbons (Fsp3) is 0.292. The van der Waals surface area contributed by atoms with Gasteiger partial charge in [-0.1, -0.05) is 53.4 Å². The maximum absolute atomic E-state index is 13.3. The van der Waals surface area contributed by atoms with E-state index >= 15 is 0 Å². The first-order valence-corrected chi connectivity index (χ1v) is 12.6. The molecule has 180 valence electrons. The molecule has 34 heavy (non-hydrogen) atoms. The van der Waals surface area contributed by atoms with Crippen LogP contribution in [0.1, 0.15) is 31.1 Å². The second-order valence-corrected chi connectivity index (χ2v) is 9.05. The van der Waals surface area contributed by atoms with E-state index in [0.717, 1.165) is 5.56 Å². The summed E-state index contributed by atoms with van der Waals surface area (Å²) in [5, 5.41) is 3.52.